The van der Waals surface area contributed by atoms with Crippen molar-refractivity contribution in [3.05, 3.63) is 35.9 Å². The third-order valence-corrected chi connectivity index (χ3v) is 3.59. The predicted octanol–water partition coefficient (Wildman–Crippen LogP) is 1.76. The zero-order valence-electron chi connectivity index (χ0n) is 8.73. The molecular formula is C10H16O3S. The van der Waals surface area contributed by atoms with Crippen molar-refractivity contribution >= 4 is 9.63 Å². The van der Waals surface area contributed by atoms with Gasteiger partial charge in [0.2, 0.25) is 0 Å². The molecule has 0 atom stereocenters. The monoisotopic (exact) mass is 216 g/mol. The van der Waals surface area contributed by atoms with Crippen LogP contribution in [0.25, 0.3) is 0 Å². The van der Waals surface area contributed by atoms with E-state index in [0.29, 0.717) is 6.61 Å². The molecule has 0 aliphatic rings. The van der Waals surface area contributed by atoms with Crippen molar-refractivity contribution in [1.29, 1.82) is 0 Å². The van der Waals surface area contributed by atoms with Crippen LogP contribution >= 0.6 is 0 Å². The van der Waals surface area contributed by atoms with Crippen LogP contribution in [0.2, 0.25) is 0 Å². The molecule has 1 aromatic rings. The second-order valence-corrected chi connectivity index (χ2v) is 7.32. The van der Waals surface area contributed by atoms with Crippen molar-refractivity contribution < 1.29 is 12.6 Å². The highest BCUT2D eigenvalue weighted by Gasteiger charge is 2.23. The largest absolute Gasteiger partial charge is 0.296 e. The van der Waals surface area contributed by atoms with Crippen LogP contribution in [0.3, 0.4) is 0 Å². The molecule has 80 valence electrons. The summed E-state index contributed by atoms with van der Waals surface area (Å²) in [6, 6.07) is 9.58. The maximum Gasteiger partial charge on any atom is 0.0892 e. The maximum absolute atomic E-state index is 11.9. The molecule has 0 aliphatic carbocycles. The average Bonchev–Trinajstić information content (AvgIpc) is 2.17. The Morgan fingerprint density at radius 1 is 1.21 bits per heavy atom. The SMILES string of the molecule is COS(C)(C)(=O)OCc1ccccc1. The van der Waals surface area contributed by atoms with Crippen LogP contribution in [0, 0.1) is 0 Å². The van der Waals surface area contributed by atoms with Gasteiger partial charge < -0.3 is 0 Å². The quantitative estimate of drug-likeness (QED) is 0.769. The molecule has 0 unspecified atom stereocenters. The molecule has 0 radical (unpaired) electrons. The van der Waals surface area contributed by atoms with E-state index < -0.39 is 9.63 Å². The molecular weight excluding hydrogens is 200 g/mol. The van der Waals surface area contributed by atoms with Crippen LogP contribution in [0.4, 0.5) is 0 Å². The summed E-state index contributed by atoms with van der Waals surface area (Å²) in [6.45, 7) is 0.299. The first-order chi connectivity index (χ1) is 6.41. The van der Waals surface area contributed by atoms with Crippen LogP contribution in [-0.2, 0) is 24.6 Å². The third-order valence-electron chi connectivity index (χ3n) is 1.87. The molecule has 0 bridgehead atoms. The van der Waals surface area contributed by atoms with E-state index in [-0.39, 0.29) is 0 Å². The molecule has 0 saturated carbocycles. The van der Waals surface area contributed by atoms with Crippen LogP contribution in [-0.4, -0.2) is 23.8 Å². The Morgan fingerprint density at radius 2 is 1.79 bits per heavy atom. The number of benzene rings is 1. The normalized spacial score (nSPS) is 14.6. The average molecular weight is 216 g/mol. The summed E-state index contributed by atoms with van der Waals surface area (Å²) >= 11 is 0. The molecule has 0 saturated heterocycles. The van der Waals surface area contributed by atoms with E-state index in [2.05, 4.69) is 0 Å². The Morgan fingerprint density at radius 3 is 2.29 bits per heavy atom. The number of hydrogen-bond donors (Lipinski definition) is 0. The van der Waals surface area contributed by atoms with Crippen molar-refractivity contribution in [3.63, 3.8) is 0 Å². The standard InChI is InChI=1S/C10H16O3S/c1-12-14(2,3,11)13-9-10-7-5-4-6-8-10/h4-8H,9H2,1-3H3. The fourth-order valence-electron chi connectivity index (χ4n) is 0.856. The molecule has 14 heavy (non-hydrogen) atoms. The lowest BCUT2D eigenvalue weighted by atomic mass is 10.2. The summed E-state index contributed by atoms with van der Waals surface area (Å²) in [5.74, 6) is 0. The first kappa shape index (κ1) is 11.4. The lowest BCUT2D eigenvalue weighted by molar-refractivity contribution is 0.241. The second kappa shape index (κ2) is 3.81. The van der Waals surface area contributed by atoms with Gasteiger partial charge in [0.15, 0.2) is 0 Å². The zero-order chi connectivity index (χ0) is 10.7. The summed E-state index contributed by atoms with van der Waals surface area (Å²) in [5.41, 5.74) is 0.979. The molecule has 0 spiro atoms. The molecule has 1 rings (SSSR count). The van der Waals surface area contributed by atoms with Gasteiger partial charge in [-0.05, 0) is 5.56 Å². The van der Waals surface area contributed by atoms with Crippen molar-refractivity contribution in [2.24, 2.45) is 0 Å². The first-order valence-corrected chi connectivity index (χ1v) is 6.91. The van der Waals surface area contributed by atoms with Gasteiger partial charge in [-0.15, -0.1) is 0 Å². The van der Waals surface area contributed by atoms with Crippen molar-refractivity contribution in [1.82, 2.24) is 0 Å². The van der Waals surface area contributed by atoms with Crippen molar-refractivity contribution in [2.75, 3.05) is 19.6 Å². The van der Waals surface area contributed by atoms with Gasteiger partial charge in [0, 0.05) is 12.5 Å². The molecule has 0 aromatic heterocycles. The Kier molecular flexibility index (Phi) is 3.09. The van der Waals surface area contributed by atoms with Gasteiger partial charge in [-0.25, -0.2) is 4.21 Å². The molecule has 0 fully saturated rings. The highest BCUT2D eigenvalue weighted by molar-refractivity contribution is 8.10. The molecule has 1 aromatic carbocycles. The van der Waals surface area contributed by atoms with E-state index in [4.69, 9.17) is 8.37 Å². The van der Waals surface area contributed by atoms with E-state index in [1.165, 1.54) is 19.6 Å². The highest BCUT2D eigenvalue weighted by atomic mass is 32.3. The third kappa shape index (κ3) is 3.57. The minimum Gasteiger partial charge on any atom is -0.296 e. The van der Waals surface area contributed by atoms with Gasteiger partial charge in [0.25, 0.3) is 0 Å². The first-order valence-electron chi connectivity index (χ1n) is 4.28. The van der Waals surface area contributed by atoms with Crippen LogP contribution in [0.1, 0.15) is 5.56 Å². The van der Waals surface area contributed by atoms with E-state index in [1.807, 2.05) is 30.3 Å². The lowest BCUT2D eigenvalue weighted by Crippen LogP contribution is -2.33. The zero-order valence-corrected chi connectivity index (χ0v) is 9.54. The Hall–Kier alpha value is -0.710. The van der Waals surface area contributed by atoms with Gasteiger partial charge in [0.05, 0.1) is 23.3 Å². The summed E-state index contributed by atoms with van der Waals surface area (Å²) in [5, 5.41) is 0. The topological polar surface area (TPSA) is 35.5 Å². The van der Waals surface area contributed by atoms with Crippen LogP contribution < -0.4 is 0 Å². The maximum atomic E-state index is 11.9. The molecule has 0 heterocycles. The summed E-state index contributed by atoms with van der Waals surface area (Å²) in [6.07, 6.45) is 2.94. The van der Waals surface area contributed by atoms with Gasteiger partial charge in [-0.3, -0.25) is 8.37 Å². The van der Waals surface area contributed by atoms with Gasteiger partial charge >= 0.3 is 0 Å². The minimum atomic E-state index is -3.33. The lowest BCUT2D eigenvalue weighted by Gasteiger charge is -2.31. The Balaban J connectivity index is 2.63. The fourth-order valence-corrected chi connectivity index (χ4v) is 1.42. The highest BCUT2D eigenvalue weighted by Crippen LogP contribution is 2.21. The van der Waals surface area contributed by atoms with Gasteiger partial charge in [-0.1, -0.05) is 30.3 Å². The predicted molar refractivity (Wildman–Crippen MR) is 58.2 cm³/mol. The molecule has 0 aliphatic heterocycles. The molecule has 0 N–H and O–H groups in total. The summed E-state index contributed by atoms with van der Waals surface area (Å²) in [4.78, 5) is 0. The summed E-state index contributed by atoms with van der Waals surface area (Å²) in [7, 11) is -1.94. The molecule has 3 nitrogen and oxygen atoms in total. The van der Waals surface area contributed by atoms with Gasteiger partial charge in [0.1, 0.15) is 0 Å². The van der Waals surface area contributed by atoms with E-state index in [0.717, 1.165) is 5.56 Å². The smallest absolute Gasteiger partial charge is 0.0892 e. The van der Waals surface area contributed by atoms with Crippen LogP contribution in [0.15, 0.2) is 30.3 Å². The van der Waals surface area contributed by atoms with Crippen molar-refractivity contribution in [3.8, 4) is 0 Å². The Bertz CT molecular complexity index is 353. The van der Waals surface area contributed by atoms with Crippen LogP contribution in [0.5, 0.6) is 0 Å². The van der Waals surface area contributed by atoms with Crippen molar-refractivity contribution in [2.45, 2.75) is 6.61 Å². The number of rotatable bonds is 4. The van der Waals surface area contributed by atoms with E-state index in [9.17, 15) is 4.21 Å². The Labute approximate surface area is 84.8 Å². The number of hydrogen-bond acceptors (Lipinski definition) is 3. The minimum absolute atomic E-state index is 0.299. The van der Waals surface area contributed by atoms with E-state index in [1.54, 1.807) is 0 Å². The summed E-state index contributed by atoms with van der Waals surface area (Å²) < 4.78 is 22.0. The molecule has 4 heteroatoms. The second-order valence-electron chi connectivity index (χ2n) is 3.53. The molecule has 0 amide bonds. The van der Waals surface area contributed by atoms with Gasteiger partial charge in [-0.2, -0.15) is 0 Å². The van der Waals surface area contributed by atoms with E-state index >= 15 is 0 Å². The fraction of sp³-hybridized carbons (Fsp3) is 0.400.